The highest BCUT2D eigenvalue weighted by molar-refractivity contribution is 6.31. The molecular formula is C16H15ClN2O. The van der Waals surface area contributed by atoms with Gasteiger partial charge in [-0.05, 0) is 54.8 Å². The second-order valence-electron chi connectivity index (χ2n) is 4.97. The van der Waals surface area contributed by atoms with Gasteiger partial charge in [-0.15, -0.1) is 0 Å². The molecule has 0 saturated carbocycles. The quantitative estimate of drug-likeness (QED) is 0.880. The van der Waals surface area contributed by atoms with E-state index in [1.807, 2.05) is 37.3 Å². The van der Waals surface area contributed by atoms with Crippen molar-refractivity contribution in [2.45, 2.75) is 13.3 Å². The number of amides is 1. The van der Waals surface area contributed by atoms with Gasteiger partial charge >= 0.3 is 0 Å². The normalized spacial score (nSPS) is 12.7. The lowest BCUT2D eigenvalue weighted by Gasteiger charge is -2.08. The summed E-state index contributed by atoms with van der Waals surface area (Å²) < 4.78 is 0. The molecule has 0 unspecified atom stereocenters. The van der Waals surface area contributed by atoms with Gasteiger partial charge in [-0.3, -0.25) is 4.79 Å². The zero-order valence-electron chi connectivity index (χ0n) is 11.2. The number of aryl methyl sites for hydroxylation is 1. The molecule has 0 bridgehead atoms. The number of hydrogen-bond acceptors (Lipinski definition) is 2. The Morgan fingerprint density at radius 3 is 2.90 bits per heavy atom. The molecule has 1 heterocycles. The highest BCUT2D eigenvalue weighted by Gasteiger charge is 2.13. The van der Waals surface area contributed by atoms with Crippen molar-refractivity contribution in [3.05, 3.63) is 58.1 Å². The van der Waals surface area contributed by atoms with Gasteiger partial charge in [-0.25, -0.2) is 0 Å². The van der Waals surface area contributed by atoms with E-state index in [2.05, 4.69) is 10.6 Å². The Kier molecular flexibility index (Phi) is 3.36. The van der Waals surface area contributed by atoms with Gasteiger partial charge in [0.15, 0.2) is 0 Å². The third-order valence-electron chi connectivity index (χ3n) is 3.51. The fourth-order valence-electron chi connectivity index (χ4n) is 2.32. The standard InChI is InChI=1S/C16H15ClN2O/c1-10-2-4-13(9-14(10)17)19-16(20)12-3-5-15-11(8-12)6-7-18-15/h2-5,8-9,18H,6-7H2,1H3,(H,19,20). The number of rotatable bonds is 2. The van der Waals surface area contributed by atoms with E-state index in [1.165, 1.54) is 5.56 Å². The topological polar surface area (TPSA) is 41.1 Å². The Morgan fingerprint density at radius 2 is 2.10 bits per heavy atom. The highest BCUT2D eigenvalue weighted by atomic mass is 35.5. The molecule has 1 aliphatic rings. The fourth-order valence-corrected chi connectivity index (χ4v) is 2.50. The lowest BCUT2D eigenvalue weighted by Crippen LogP contribution is -2.12. The number of halogens is 1. The monoisotopic (exact) mass is 286 g/mol. The first-order valence-corrected chi connectivity index (χ1v) is 6.95. The molecule has 2 N–H and O–H groups in total. The Bertz CT molecular complexity index is 682. The molecule has 1 amide bonds. The van der Waals surface area contributed by atoms with Crippen LogP contribution >= 0.6 is 11.6 Å². The Hall–Kier alpha value is -2.00. The first-order valence-electron chi connectivity index (χ1n) is 6.58. The van der Waals surface area contributed by atoms with Gasteiger partial charge < -0.3 is 10.6 Å². The van der Waals surface area contributed by atoms with Gasteiger partial charge in [0.2, 0.25) is 0 Å². The van der Waals surface area contributed by atoms with Crippen LogP contribution in [0, 0.1) is 6.92 Å². The minimum Gasteiger partial charge on any atom is -0.384 e. The number of anilines is 2. The lowest BCUT2D eigenvalue weighted by atomic mass is 10.1. The van der Waals surface area contributed by atoms with E-state index < -0.39 is 0 Å². The summed E-state index contributed by atoms with van der Waals surface area (Å²) in [6.07, 6.45) is 0.965. The van der Waals surface area contributed by atoms with Crippen molar-refractivity contribution in [1.29, 1.82) is 0 Å². The molecule has 0 aromatic heterocycles. The van der Waals surface area contributed by atoms with E-state index in [1.54, 1.807) is 6.07 Å². The van der Waals surface area contributed by atoms with Crippen molar-refractivity contribution in [3.63, 3.8) is 0 Å². The summed E-state index contributed by atoms with van der Waals surface area (Å²) in [7, 11) is 0. The molecular weight excluding hydrogens is 272 g/mol. The van der Waals surface area contributed by atoms with Crippen LogP contribution in [0.2, 0.25) is 5.02 Å². The number of benzene rings is 2. The summed E-state index contributed by atoms with van der Waals surface area (Å²) in [5.74, 6) is -0.111. The summed E-state index contributed by atoms with van der Waals surface area (Å²) in [5.41, 5.74) is 4.70. The maximum Gasteiger partial charge on any atom is 0.255 e. The van der Waals surface area contributed by atoms with Gasteiger partial charge in [0.25, 0.3) is 5.91 Å². The largest absolute Gasteiger partial charge is 0.384 e. The van der Waals surface area contributed by atoms with Crippen LogP contribution in [0.4, 0.5) is 11.4 Å². The molecule has 2 aromatic carbocycles. The first-order chi connectivity index (χ1) is 9.63. The smallest absolute Gasteiger partial charge is 0.255 e. The van der Waals surface area contributed by atoms with Gasteiger partial charge in [0, 0.05) is 28.5 Å². The van der Waals surface area contributed by atoms with Crippen LogP contribution in [0.3, 0.4) is 0 Å². The minimum absolute atomic E-state index is 0.111. The number of nitrogens with one attached hydrogen (secondary N) is 2. The predicted octanol–water partition coefficient (Wildman–Crippen LogP) is 3.87. The second-order valence-corrected chi connectivity index (χ2v) is 5.37. The Morgan fingerprint density at radius 1 is 1.25 bits per heavy atom. The predicted molar refractivity (Wildman–Crippen MR) is 82.8 cm³/mol. The van der Waals surface area contributed by atoms with Crippen molar-refractivity contribution >= 4 is 28.9 Å². The molecule has 0 radical (unpaired) electrons. The van der Waals surface area contributed by atoms with E-state index in [-0.39, 0.29) is 5.91 Å². The van der Waals surface area contributed by atoms with Crippen molar-refractivity contribution in [1.82, 2.24) is 0 Å². The Balaban J connectivity index is 1.80. The van der Waals surface area contributed by atoms with Gasteiger partial charge in [0.1, 0.15) is 0 Å². The number of carbonyl (C=O) groups excluding carboxylic acids is 1. The highest BCUT2D eigenvalue weighted by Crippen LogP contribution is 2.24. The van der Waals surface area contributed by atoms with Crippen LogP contribution in [-0.4, -0.2) is 12.5 Å². The third-order valence-corrected chi connectivity index (χ3v) is 3.91. The maximum atomic E-state index is 12.2. The molecule has 2 aromatic rings. The molecule has 0 aliphatic carbocycles. The Labute approximate surface area is 123 Å². The van der Waals surface area contributed by atoms with Crippen molar-refractivity contribution in [2.24, 2.45) is 0 Å². The molecule has 3 nitrogen and oxygen atoms in total. The van der Waals surface area contributed by atoms with Crippen molar-refractivity contribution < 1.29 is 4.79 Å². The van der Waals surface area contributed by atoms with E-state index >= 15 is 0 Å². The SMILES string of the molecule is Cc1ccc(NC(=O)c2ccc3c(c2)CCN3)cc1Cl. The van der Waals surface area contributed by atoms with Crippen LogP contribution in [0.5, 0.6) is 0 Å². The molecule has 4 heteroatoms. The molecule has 0 fully saturated rings. The number of hydrogen-bond donors (Lipinski definition) is 2. The fraction of sp³-hybridized carbons (Fsp3) is 0.188. The molecule has 3 rings (SSSR count). The summed E-state index contributed by atoms with van der Waals surface area (Å²) in [4.78, 5) is 12.2. The van der Waals surface area contributed by atoms with E-state index in [4.69, 9.17) is 11.6 Å². The van der Waals surface area contributed by atoms with Crippen LogP contribution in [0.25, 0.3) is 0 Å². The summed E-state index contributed by atoms with van der Waals surface area (Å²) in [6.45, 7) is 2.87. The van der Waals surface area contributed by atoms with Crippen LogP contribution < -0.4 is 10.6 Å². The van der Waals surface area contributed by atoms with Crippen LogP contribution in [0.1, 0.15) is 21.5 Å². The van der Waals surface area contributed by atoms with Gasteiger partial charge in [-0.2, -0.15) is 0 Å². The average Bonchev–Trinajstić information content (AvgIpc) is 2.90. The van der Waals surface area contributed by atoms with E-state index in [0.29, 0.717) is 16.3 Å². The average molecular weight is 287 g/mol. The zero-order chi connectivity index (χ0) is 14.1. The summed E-state index contributed by atoms with van der Waals surface area (Å²) in [5, 5.41) is 6.81. The maximum absolute atomic E-state index is 12.2. The number of carbonyl (C=O) groups is 1. The van der Waals surface area contributed by atoms with Crippen LogP contribution in [0.15, 0.2) is 36.4 Å². The van der Waals surface area contributed by atoms with Gasteiger partial charge in [-0.1, -0.05) is 17.7 Å². The summed E-state index contributed by atoms with van der Waals surface area (Å²) >= 11 is 6.06. The van der Waals surface area contributed by atoms with Crippen molar-refractivity contribution in [3.8, 4) is 0 Å². The first kappa shape index (κ1) is 13.0. The van der Waals surface area contributed by atoms with E-state index in [9.17, 15) is 4.79 Å². The van der Waals surface area contributed by atoms with Gasteiger partial charge in [0.05, 0.1) is 0 Å². The molecule has 0 atom stereocenters. The molecule has 0 spiro atoms. The van der Waals surface area contributed by atoms with E-state index in [0.717, 1.165) is 24.2 Å². The van der Waals surface area contributed by atoms with Crippen molar-refractivity contribution in [2.75, 3.05) is 17.2 Å². The molecule has 102 valence electrons. The third kappa shape index (κ3) is 2.49. The number of fused-ring (bicyclic) bond motifs is 1. The summed E-state index contributed by atoms with van der Waals surface area (Å²) in [6, 6.07) is 11.3. The zero-order valence-corrected chi connectivity index (χ0v) is 11.9. The lowest BCUT2D eigenvalue weighted by molar-refractivity contribution is 0.102. The molecule has 20 heavy (non-hydrogen) atoms. The molecule has 0 saturated heterocycles. The second kappa shape index (κ2) is 5.17. The molecule has 1 aliphatic heterocycles. The minimum atomic E-state index is -0.111. The van der Waals surface area contributed by atoms with Crippen LogP contribution in [-0.2, 0) is 6.42 Å².